The standard InChI is InChI=1S/C18H23BrO2/c1-13-5-6-16(19)15(11-13)17(20)14-7-10-21-18(12-14)8-3-2-4-9-18/h5-6,11,14H,2-4,7-10,12H2,1H3. The van der Waals surface area contributed by atoms with E-state index in [4.69, 9.17) is 4.74 Å². The minimum absolute atomic E-state index is 0.00682. The molecule has 1 aliphatic carbocycles. The van der Waals surface area contributed by atoms with E-state index in [0.717, 1.165) is 47.9 Å². The van der Waals surface area contributed by atoms with Gasteiger partial charge in [-0.25, -0.2) is 0 Å². The van der Waals surface area contributed by atoms with Gasteiger partial charge in [-0.15, -0.1) is 0 Å². The summed E-state index contributed by atoms with van der Waals surface area (Å²) in [6, 6.07) is 6.03. The smallest absolute Gasteiger partial charge is 0.167 e. The molecule has 2 nitrogen and oxygen atoms in total. The second-order valence-electron chi connectivity index (χ2n) is 6.63. The molecule has 114 valence electrons. The van der Waals surface area contributed by atoms with Crippen molar-refractivity contribution in [2.45, 2.75) is 57.5 Å². The third kappa shape index (κ3) is 3.24. The molecule has 1 aromatic rings. The van der Waals surface area contributed by atoms with Crippen LogP contribution >= 0.6 is 15.9 Å². The Morgan fingerprint density at radius 3 is 2.81 bits per heavy atom. The molecule has 1 aliphatic heterocycles. The van der Waals surface area contributed by atoms with Crippen molar-refractivity contribution in [2.75, 3.05) is 6.61 Å². The number of Topliss-reactive ketones (excluding diaryl/α,β-unsaturated/α-hetero) is 1. The van der Waals surface area contributed by atoms with Crippen molar-refractivity contribution >= 4 is 21.7 Å². The summed E-state index contributed by atoms with van der Waals surface area (Å²) in [5.74, 6) is 0.411. The Morgan fingerprint density at radius 2 is 2.05 bits per heavy atom. The number of ether oxygens (including phenoxy) is 1. The van der Waals surface area contributed by atoms with Gasteiger partial charge < -0.3 is 4.74 Å². The van der Waals surface area contributed by atoms with E-state index in [1.807, 2.05) is 25.1 Å². The number of rotatable bonds is 2. The second-order valence-corrected chi connectivity index (χ2v) is 7.48. The minimum atomic E-state index is -0.00682. The lowest BCUT2D eigenvalue weighted by atomic mass is 9.74. The first kappa shape index (κ1) is 15.2. The van der Waals surface area contributed by atoms with Gasteiger partial charge in [-0.05, 0) is 44.7 Å². The Labute approximate surface area is 135 Å². The lowest BCUT2D eigenvalue weighted by Gasteiger charge is -2.43. The lowest BCUT2D eigenvalue weighted by Crippen LogP contribution is -2.43. The summed E-state index contributed by atoms with van der Waals surface area (Å²) in [6.07, 6.45) is 7.84. The maximum Gasteiger partial charge on any atom is 0.167 e. The summed E-state index contributed by atoms with van der Waals surface area (Å²) in [5.41, 5.74) is 1.97. The molecule has 0 aromatic heterocycles. The Bertz CT molecular complexity index is 527. The van der Waals surface area contributed by atoms with Crippen molar-refractivity contribution in [1.29, 1.82) is 0 Å². The van der Waals surface area contributed by atoms with Gasteiger partial charge in [-0.1, -0.05) is 46.8 Å². The molecular weight excluding hydrogens is 328 g/mol. The molecule has 1 saturated carbocycles. The summed E-state index contributed by atoms with van der Waals surface area (Å²) >= 11 is 3.53. The highest BCUT2D eigenvalue weighted by Gasteiger charge is 2.41. The van der Waals surface area contributed by atoms with E-state index >= 15 is 0 Å². The van der Waals surface area contributed by atoms with Gasteiger partial charge in [0.2, 0.25) is 0 Å². The van der Waals surface area contributed by atoms with Crippen LogP contribution in [0.25, 0.3) is 0 Å². The number of halogens is 1. The van der Waals surface area contributed by atoms with Gasteiger partial charge in [-0.2, -0.15) is 0 Å². The van der Waals surface area contributed by atoms with E-state index in [9.17, 15) is 4.79 Å². The van der Waals surface area contributed by atoms with Gasteiger partial charge in [0.05, 0.1) is 5.60 Å². The van der Waals surface area contributed by atoms with Crippen LogP contribution in [0.5, 0.6) is 0 Å². The fourth-order valence-corrected chi connectivity index (χ4v) is 4.29. The maximum atomic E-state index is 12.9. The van der Waals surface area contributed by atoms with Gasteiger partial charge in [-0.3, -0.25) is 4.79 Å². The Kier molecular flexibility index (Phi) is 4.51. The van der Waals surface area contributed by atoms with E-state index in [1.165, 1.54) is 19.3 Å². The molecule has 0 amide bonds. The van der Waals surface area contributed by atoms with Gasteiger partial charge in [0, 0.05) is 22.6 Å². The highest BCUT2D eigenvalue weighted by Crippen LogP contribution is 2.41. The molecule has 1 heterocycles. The number of ketones is 1. The number of benzene rings is 1. The normalized spacial score (nSPS) is 25.0. The Hall–Kier alpha value is -0.670. The molecule has 21 heavy (non-hydrogen) atoms. The highest BCUT2D eigenvalue weighted by molar-refractivity contribution is 9.10. The molecule has 3 rings (SSSR count). The fourth-order valence-electron chi connectivity index (χ4n) is 3.84. The number of hydrogen-bond acceptors (Lipinski definition) is 2. The van der Waals surface area contributed by atoms with Crippen LogP contribution in [0.2, 0.25) is 0 Å². The molecule has 0 radical (unpaired) electrons. The molecule has 0 bridgehead atoms. The fraction of sp³-hybridized carbons (Fsp3) is 0.611. The van der Waals surface area contributed by atoms with E-state index in [-0.39, 0.29) is 11.5 Å². The quantitative estimate of drug-likeness (QED) is 0.696. The van der Waals surface area contributed by atoms with E-state index < -0.39 is 0 Å². The van der Waals surface area contributed by atoms with Crippen LogP contribution in [0.15, 0.2) is 22.7 Å². The van der Waals surface area contributed by atoms with Crippen LogP contribution in [0, 0.1) is 12.8 Å². The summed E-state index contributed by atoms with van der Waals surface area (Å²) in [7, 11) is 0. The second kappa shape index (κ2) is 6.21. The largest absolute Gasteiger partial charge is 0.375 e. The van der Waals surface area contributed by atoms with Crippen LogP contribution in [0.3, 0.4) is 0 Å². The molecule has 1 atom stereocenters. The predicted molar refractivity (Wildman–Crippen MR) is 87.7 cm³/mol. The zero-order valence-corrected chi connectivity index (χ0v) is 14.2. The van der Waals surface area contributed by atoms with Gasteiger partial charge in [0.1, 0.15) is 0 Å². The van der Waals surface area contributed by atoms with Crippen LogP contribution in [-0.4, -0.2) is 18.0 Å². The average molecular weight is 351 g/mol. The van der Waals surface area contributed by atoms with Crippen molar-refractivity contribution in [1.82, 2.24) is 0 Å². The number of aryl methyl sites for hydroxylation is 1. The van der Waals surface area contributed by atoms with Crippen molar-refractivity contribution in [3.8, 4) is 0 Å². The van der Waals surface area contributed by atoms with E-state index in [0.29, 0.717) is 5.78 Å². The summed E-state index contributed by atoms with van der Waals surface area (Å²) in [6.45, 7) is 2.77. The van der Waals surface area contributed by atoms with E-state index in [1.54, 1.807) is 0 Å². The third-order valence-electron chi connectivity index (χ3n) is 5.02. The zero-order valence-electron chi connectivity index (χ0n) is 12.7. The SMILES string of the molecule is Cc1ccc(Br)c(C(=O)C2CCOC3(CCCCC3)C2)c1. The number of hydrogen-bond donors (Lipinski definition) is 0. The van der Waals surface area contributed by atoms with Crippen LogP contribution in [0.1, 0.15) is 60.9 Å². The molecule has 3 heteroatoms. The molecule has 2 aliphatic rings. The lowest BCUT2D eigenvalue weighted by molar-refractivity contribution is -0.111. The molecule has 1 unspecified atom stereocenters. The molecular formula is C18H23BrO2. The van der Waals surface area contributed by atoms with Gasteiger partial charge >= 0.3 is 0 Å². The summed E-state index contributed by atoms with van der Waals surface area (Å²) in [5, 5.41) is 0. The topological polar surface area (TPSA) is 26.3 Å². The van der Waals surface area contributed by atoms with Crippen molar-refractivity contribution in [2.24, 2.45) is 5.92 Å². The molecule has 1 aromatic carbocycles. The van der Waals surface area contributed by atoms with Crippen LogP contribution in [-0.2, 0) is 4.74 Å². The predicted octanol–water partition coefficient (Wildman–Crippen LogP) is 5.07. The minimum Gasteiger partial charge on any atom is -0.375 e. The monoisotopic (exact) mass is 350 g/mol. The number of carbonyl (C=O) groups excluding carboxylic acids is 1. The summed E-state index contributed by atoms with van der Waals surface area (Å²) < 4.78 is 7.03. The van der Waals surface area contributed by atoms with Crippen molar-refractivity contribution in [3.63, 3.8) is 0 Å². The average Bonchev–Trinajstić information content (AvgIpc) is 2.50. The third-order valence-corrected chi connectivity index (χ3v) is 5.71. The van der Waals surface area contributed by atoms with Crippen molar-refractivity contribution in [3.05, 3.63) is 33.8 Å². The first-order valence-electron chi connectivity index (χ1n) is 8.04. The molecule has 1 saturated heterocycles. The highest BCUT2D eigenvalue weighted by atomic mass is 79.9. The first-order valence-corrected chi connectivity index (χ1v) is 8.83. The van der Waals surface area contributed by atoms with Crippen molar-refractivity contribution < 1.29 is 9.53 Å². The van der Waals surface area contributed by atoms with Gasteiger partial charge in [0.15, 0.2) is 5.78 Å². The zero-order chi connectivity index (χ0) is 14.9. The Morgan fingerprint density at radius 1 is 1.29 bits per heavy atom. The van der Waals surface area contributed by atoms with E-state index in [2.05, 4.69) is 15.9 Å². The Balaban J connectivity index is 1.79. The molecule has 1 spiro atoms. The summed E-state index contributed by atoms with van der Waals surface area (Å²) in [4.78, 5) is 12.9. The maximum absolute atomic E-state index is 12.9. The first-order chi connectivity index (χ1) is 10.1. The number of carbonyl (C=O) groups is 1. The van der Waals surface area contributed by atoms with Gasteiger partial charge in [0.25, 0.3) is 0 Å². The molecule has 0 N–H and O–H groups in total. The molecule has 2 fully saturated rings. The van der Waals surface area contributed by atoms with Crippen LogP contribution < -0.4 is 0 Å². The van der Waals surface area contributed by atoms with Crippen LogP contribution in [0.4, 0.5) is 0 Å².